The van der Waals surface area contributed by atoms with Gasteiger partial charge in [-0.05, 0) is 31.4 Å². The normalized spacial score (nSPS) is 10.4. The van der Waals surface area contributed by atoms with E-state index in [-0.39, 0.29) is 5.69 Å². The first-order valence-electron chi connectivity index (χ1n) is 5.96. The van der Waals surface area contributed by atoms with Gasteiger partial charge in [-0.15, -0.1) is 11.3 Å². The molecular formula is C13H15N3O2S. The van der Waals surface area contributed by atoms with Crippen molar-refractivity contribution in [1.29, 1.82) is 0 Å². The highest BCUT2D eigenvalue weighted by molar-refractivity contribution is 7.09. The zero-order valence-electron chi connectivity index (χ0n) is 10.8. The summed E-state index contributed by atoms with van der Waals surface area (Å²) < 4.78 is 0. The van der Waals surface area contributed by atoms with Crippen LogP contribution in [0.15, 0.2) is 23.6 Å². The SMILES string of the molecule is CCN(Cc1cccs1)c1nc(C)cc(C(=O)O)n1. The smallest absolute Gasteiger partial charge is 0.354 e. The predicted octanol–water partition coefficient (Wildman–Crippen LogP) is 2.57. The van der Waals surface area contributed by atoms with Crippen LogP contribution in [0.1, 0.15) is 28.0 Å². The number of carboxylic acid groups (broad SMARTS) is 1. The minimum atomic E-state index is -1.03. The topological polar surface area (TPSA) is 66.3 Å². The molecule has 1 N–H and O–H groups in total. The average Bonchev–Trinajstić information content (AvgIpc) is 2.88. The Bertz CT molecular complexity index is 569. The van der Waals surface area contributed by atoms with Crippen molar-refractivity contribution in [2.75, 3.05) is 11.4 Å². The second-order valence-corrected chi connectivity index (χ2v) is 5.13. The van der Waals surface area contributed by atoms with Gasteiger partial charge < -0.3 is 10.0 Å². The van der Waals surface area contributed by atoms with Crippen molar-refractivity contribution in [1.82, 2.24) is 9.97 Å². The van der Waals surface area contributed by atoms with Crippen molar-refractivity contribution in [2.24, 2.45) is 0 Å². The Balaban J connectivity index is 2.29. The lowest BCUT2D eigenvalue weighted by Gasteiger charge is -2.20. The summed E-state index contributed by atoms with van der Waals surface area (Å²) in [6.07, 6.45) is 0. The molecule has 0 aliphatic carbocycles. The number of anilines is 1. The highest BCUT2D eigenvalue weighted by Crippen LogP contribution is 2.17. The molecule has 0 bridgehead atoms. The van der Waals surface area contributed by atoms with E-state index in [1.54, 1.807) is 18.3 Å². The highest BCUT2D eigenvalue weighted by Gasteiger charge is 2.14. The van der Waals surface area contributed by atoms with Crippen molar-refractivity contribution in [3.63, 3.8) is 0 Å². The number of hydrogen-bond acceptors (Lipinski definition) is 5. The minimum Gasteiger partial charge on any atom is -0.477 e. The molecule has 0 spiro atoms. The van der Waals surface area contributed by atoms with Gasteiger partial charge in [0.2, 0.25) is 5.95 Å². The molecule has 0 atom stereocenters. The number of aromatic carboxylic acids is 1. The van der Waals surface area contributed by atoms with Crippen LogP contribution in [-0.4, -0.2) is 27.6 Å². The van der Waals surface area contributed by atoms with Crippen LogP contribution >= 0.6 is 11.3 Å². The molecule has 0 saturated carbocycles. The second kappa shape index (κ2) is 5.79. The van der Waals surface area contributed by atoms with Gasteiger partial charge in [-0.25, -0.2) is 14.8 Å². The lowest BCUT2D eigenvalue weighted by Crippen LogP contribution is -2.25. The minimum absolute atomic E-state index is 0.0344. The van der Waals surface area contributed by atoms with Crippen molar-refractivity contribution >= 4 is 23.3 Å². The van der Waals surface area contributed by atoms with E-state index in [4.69, 9.17) is 5.11 Å². The summed E-state index contributed by atoms with van der Waals surface area (Å²) in [5, 5.41) is 11.1. The van der Waals surface area contributed by atoms with E-state index in [0.717, 1.165) is 6.54 Å². The molecule has 19 heavy (non-hydrogen) atoms. The van der Waals surface area contributed by atoms with E-state index in [0.29, 0.717) is 18.2 Å². The first kappa shape index (κ1) is 13.5. The van der Waals surface area contributed by atoms with Crippen LogP contribution in [0.2, 0.25) is 0 Å². The zero-order chi connectivity index (χ0) is 13.8. The number of carboxylic acids is 1. The summed E-state index contributed by atoms with van der Waals surface area (Å²) in [6.45, 7) is 5.19. The van der Waals surface area contributed by atoms with E-state index in [2.05, 4.69) is 9.97 Å². The number of hydrogen-bond donors (Lipinski definition) is 1. The van der Waals surface area contributed by atoms with Gasteiger partial charge in [0.25, 0.3) is 0 Å². The Labute approximate surface area is 115 Å². The van der Waals surface area contributed by atoms with Gasteiger partial charge >= 0.3 is 5.97 Å². The van der Waals surface area contributed by atoms with Crippen LogP contribution in [0.4, 0.5) is 5.95 Å². The van der Waals surface area contributed by atoms with Crippen molar-refractivity contribution in [3.05, 3.63) is 39.8 Å². The predicted molar refractivity (Wildman–Crippen MR) is 74.8 cm³/mol. The standard InChI is InChI=1S/C13H15N3O2S/c1-3-16(8-10-5-4-6-19-10)13-14-9(2)7-11(15-13)12(17)18/h4-7H,3,8H2,1-2H3,(H,17,18). The first-order valence-corrected chi connectivity index (χ1v) is 6.84. The number of nitrogens with zero attached hydrogens (tertiary/aromatic N) is 3. The molecule has 0 radical (unpaired) electrons. The average molecular weight is 277 g/mol. The molecule has 2 aromatic heterocycles. The summed E-state index contributed by atoms with van der Waals surface area (Å²) in [6, 6.07) is 5.51. The lowest BCUT2D eigenvalue weighted by molar-refractivity contribution is 0.0690. The van der Waals surface area contributed by atoms with Crippen molar-refractivity contribution in [2.45, 2.75) is 20.4 Å². The molecule has 5 nitrogen and oxygen atoms in total. The van der Waals surface area contributed by atoms with E-state index in [1.165, 1.54) is 10.9 Å². The summed E-state index contributed by atoms with van der Waals surface area (Å²) in [5.74, 6) is -0.563. The fourth-order valence-corrected chi connectivity index (χ4v) is 2.44. The van der Waals surface area contributed by atoms with Gasteiger partial charge in [-0.3, -0.25) is 0 Å². The summed E-state index contributed by atoms with van der Waals surface area (Å²) >= 11 is 1.66. The van der Waals surface area contributed by atoms with E-state index < -0.39 is 5.97 Å². The second-order valence-electron chi connectivity index (χ2n) is 4.09. The molecule has 0 aliphatic heterocycles. The first-order chi connectivity index (χ1) is 9.10. The Morgan fingerprint density at radius 3 is 2.84 bits per heavy atom. The molecular weight excluding hydrogens is 262 g/mol. The Morgan fingerprint density at radius 1 is 1.47 bits per heavy atom. The molecule has 100 valence electrons. The molecule has 6 heteroatoms. The maximum absolute atomic E-state index is 11.0. The highest BCUT2D eigenvalue weighted by atomic mass is 32.1. The third-order valence-electron chi connectivity index (χ3n) is 2.65. The number of rotatable bonds is 5. The van der Waals surface area contributed by atoms with Crippen LogP contribution in [0.3, 0.4) is 0 Å². The van der Waals surface area contributed by atoms with E-state index >= 15 is 0 Å². The molecule has 0 aromatic carbocycles. The van der Waals surface area contributed by atoms with Gasteiger partial charge in [0, 0.05) is 17.1 Å². The molecule has 2 aromatic rings. The van der Waals surface area contributed by atoms with Crippen molar-refractivity contribution in [3.8, 4) is 0 Å². The van der Waals surface area contributed by atoms with Crippen LogP contribution < -0.4 is 4.90 Å². The number of aromatic nitrogens is 2. The Kier molecular flexibility index (Phi) is 4.11. The monoisotopic (exact) mass is 277 g/mol. The fraction of sp³-hybridized carbons (Fsp3) is 0.308. The van der Waals surface area contributed by atoms with Gasteiger partial charge in [-0.1, -0.05) is 6.07 Å². The molecule has 0 saturated heterocycles. The van der Waals surface area contributed by atoms with E-state index in [9.17, 15) is 4.79 Å². The maximum atomic E-state index is 11.0. The maximum Gasteiger partial charge on any atom is 0.354 e. The summed E-state index contributed by atoms with van der Waals surface area (Å²) in [5.41, 5.74) is 0.694. The molecule has 0 fully saturated rings. The summed E-state index contributed by atoms with van der Waals surface area (Å²) in [7, 11) is 0. The third kappa shape index (κ3) is 3.29. The molecule has 0 aliphatic rings. The van der Waals surface area contributed by atoms with Crippen LogP contribution in [0.25, 0.3) is 0 Å². The molecule has 0 unspecified atom stereocenters. The van der Waals surface area contributed by atoms with Gasteiger partial charge in [0.1, 0.15) is 0 Å². The van der Waals surface area contributed by atoms with Crippen LogP contribution in [0.5, 0.6) is 0 Å². The number of aryl methyl sites for hydroxylation is 1. The fourth-order valence-electron chi connectivity index (χ4n) is 1.72. The molecule has 2 rings (SSSR count). The lowest BCUT2D eigenvalue weighted by atomic mass is 10.3. The zero-order valence-corrected chi connectivity index (χ0v) is 11.6. The van der Waals surface area contributed by atoms with Gasteiger partial charge in [0.05, 0.1) is 6.54 Å². The van der Waals surface area contributed by atoms with Gasteiger partial charge in [0.15, 0.2) is 5.69 Å². The molecule has 0 amide bonds. The van der Waals surface area contributed by atoms with Crippen LogP contribution in [0, 0.1) is 6.92 Å². The van der Waals surface area contributed by atoms with Crippen molar-refractivity contribution < 1.29 is 9.90 Å². The van der Waals surface area contributed by atoms with Crippen LogP contribution in [-0.2, 0) is 6.54 Å². The van der Waals surface area contributed by atoms with E-state index in [1.807, 2.05) is 29.3 Å². The Morgan fingerprint density at radius 2 is 2.26 bits per heavy atom. The third-order valence-corrected chi connectivity index (χ3v) is 3.51. The largest absolute Gasteiger partial charge is 0.477 e. The molecule has 2 heterocycles. The summed E-state index contributed by atoms with van der Waals surface area (Å²) in [4.78, 5) is 22.6. The Hall–Kier alpha value is -1.95. The quantitative estimate of drug-likeness (QED) is 0.909. The van der Waals surface area contributed by atoms with Gasteiger partial charge in [-0.2, -0.15) is 0 Å². The number of thiophene rings is 1. The number of carbonyl (C=O) groups is 1.